The molecule has 1 N–H and O–H groups in total. The van der Waals surface area contributed by atoms with Crippen LogP contribution in [0, 0.1) is 5.92 Å². The van der Waals surface area contributed by atoms with Gasteiger partial charge >= 0.3 is 5.97 Å². The second-order valence-electron chi connectivity index (χ2n) is 6.85. The van der Waals surface area contributed by atoms with E-state index in [1.54, 1.807) is 6.07 Å². The van der Waals surface area contributed by atoms with Crippen LogP contribution in [0.3, 0.4) is 0 Å². The molecule has 0 aromatic heterocycles. The second-order valence-corrected chi connectivity index (χ2v) is 6.85. The van der Waals surface area contributed by atoms with Crippen LogP contribution in [0.5, 0.6) is 0 Å². The molecule has 1 fully saturated rings. The maximum Gasteiger partial charge on any atom is 0.338 e. The van der Waals surface area contributed by atoms with Crippen molar-refractivity contribution in [3.63, 3.8) is 0 Å². The average Bonchev–Trinajstić information content (AvgIpc) is 3.02. The van der Waals surface area contributed by atoms with Crippen LogP contribution in [0.25, 0.3) is 0 Å². The molecule has 4 nitrogen and oxygen atoms in total. The van der Waals surface area contributed by atoms with E-state index in [9.17, 15) is 9.59 Å². The van der Waals surface area contributed by atoms with Gasteiger partial charge in [-0.2, -0.15) is 0 Å². The van der Waals surface area contributed by atoms with Crippen molar-refractivity contribution in [3.8, 4) is 0 Å². The van der Waals surface area contributed by atoms with E-state index in [2.05, 4.69) is 12.2 Å². The Kier molecular flexibility index (Phi) is 4.99. The molecular weight excluding hydrogens is 290 g/mol. The number of hydrogen-bond acceptors (Lipinski definition) is 3. The molecule has 1 amide bonds. The lowest BCUT2D eigenvalue weighted by atomic mass is 9.86. The molecule has 0 aliphatic heterocycles. The minimum Gasteiger partial charge on any atom is -0.452 e. The molecule has 1 aromatic carbocycles. The van der Waals surface area contributed by atoms with Gasteiger partial charge in [0.1, 0.15) is 0 Å². The van der Waals surface area contributed by atoms with Gasteiger partial charge in [-0.3, -0.25) is 4.79 Å². The first-order valence-corrected chi connectivity index (χ1v) is 8.72. The minimum absolute atomic E-state index is 0.195. The summed E-state index contributed by atoms with van der Waals surface area (Å²) in [4.78, 5) is 24.1. The van der Waals surface area contributed by atoms with Gasteiger partial charge in [-0.25, -0.2) is 4.79 Å². The van der Waals surface area contributed by atoms with Gasteiger partial charge in [-0.15, -0.1) is 0 Å². The summed E-state index contributed by atoms with van der Waals surface area (Å²) in [6, 6.07) is 5.93. The van der Waals surface area contributed by atoms with Crippen molar-refractivity contribution in [2.75, 3.05) is 6.61 Å². The first kappa shape index (κ1) is 16.0. The van der Waals surface area contributed by atoms with Crippen LogP contribution in [0.1, 0.15) is 60.5 Å². The quantitative estimate of drug-likeness (QED) is 0.869. The molecule has 0 spiro atoms. The van der Waals surface area contributed by atoms with Gasteiger partial charge in [0.25, 0.3) is 5.91 Å². The first-order chi connectivity index (χ1) is 11.1. The molecule has 1 saturated carbocycles. The number of benzene rings is 1. The summed E-state index contributed by atoms with van der Waals surface area (Å²) < 4.78 is 5.18. The van der Waals surface area contributed by atoms with Crippen molar-refractivity contribution in [2.45, 2.75) is 57.9 Å². The third-order valence-electron chi connectivity index (χ3n) is 5.13. The van der Waals surface area contributed by atoms with E-state index >= 15 is 0 Å². The molecule has 0 saturated heterocycles. The van der Waals surface area contributed by atoms with Gasteiger partial charge in [0.15, 0.2) is 6.61 Å². The molecule has 124 valence electrons. The number of amides is 1. The third-order valence-corrected chi connectivity index (χ3v) is 5.13. The van der Waals surface area contributed by atoms with E-state index < -0.39 is 5.97 Å². The molecule has 2 aliphatic rings. The van der Waals surface area contributed by atoms with Gasteiger partial charge < -0.3 is 10.1 Å². The van der Waals surface area contributed by atoms with Crippen molar-refractivity contribution >= 4 is 11.9 Å². The number of esters is 1. The molecule has 0 unspecified atom stereocenters. The topological polar surface area (TPSA) is 55.4 Å². The van der Waals surface area contributed by atoms with Crippen molar-refractivity contribution in [1.82, 2.24) is 5.32 Å². The van der Waals surface area contributed by atoms with Gasteiger partial charge in [0, 0.05) is 6.04 Å². The van der Waals surface area contributed by atoms with E-state index in [-0.39, 0.29) is 18.6 Å². The van der Waals surface area contributed by atoms with Gasteiger partial charge in [-0.05, 0) is 61.3 Å². The largest absolute Gasteiger partial charge is 0.452 e. The fraction of sp³-hybridized carbons (Fsp3) is 0.579. The van der Waals surface area contributed by atoms with Gasteiger partial charge in [0.05, 0.1) is 5.56 Å². The molecule has 23 heavy (non-hydrogen) atoms. The Hall–Kier alpha value is -1.84. The lowest BCUT2D eigenvalue weighted by molar-refractivity contribution is -0.125. The number of fused-ring (bicyclic) bond motifs is 1. The molecule has 3 rings (SSSR count). The fourth-order valence-corrected chi connectivity index (χ4v) is 3.69. The Morgan fingerprint density at radius 3 is 2.74 bits per heavy atom. The number of hydrogen-bond donors (Lipinski definition) is 1. The average molecular weight is 315 g/mol. The minimum atomic E-state index is -0.411. The van der Waals surface area contributed by atoms with E-state index in [4.69, 9.17) is 4.74 Å². The predicted octanol–water partition coefficient (Wildman–Crippen LogP) is 3.03. The summed E-state index contributed by atoms with van der Waals surface area (Å²) in [6.07, 6.45) is 7.83. The highest BCUT2D eigenvalue weighted by atomic mass is 16.5. The van der Waals surface area contributed by atoms with Crippen LogP contribution in [0.15, 0.2) is 18.2 Å². The standard InChI is InChI=1S/C19H25NO3/c1-13-5-2-3-8-17(13)20-18(21)12-23-19(22)16-10-9-14-6-4-7-15(14)11-16/h9-11,13,17H,2-8,12H2,1H3,(H,20,21)/t13-,17+/m0/s1. The van der Waals surface area contributed by atoms with E-state index in [0.29, 0.717) is 11.5 Å². The van der Waals surface area contributed by atoms with Crippen molar-refractivity contribution < 1.29 is 14.3 Å². The number of ether oxygens (including phenoxy) is 1. The number of carbonyl (C=O) groups excluding carboxylic acids is 2. The van der Waals surface area contributed by atoms with Gasteiger partial charge in [-0.1, -0.05) is 25.8 Å². The molecule has 4 heteroatoms. The maximum atomic E-state index is 12.1. The van der Waals surface area contributed by atoms with Crippen LogP contribution in [-0.2, 0) is 22.4 Å². The summed E-state index contributed by atoms with van der Waals surface area (Å²) in [5.74, 6) is -0.107. The highest BCUT2D eigenvalue weighted by molar-refractivity contribution is 5.91. The van der Waals surface area contributed by atoms with Gasteiger partial charge in [0.2, 0.25) is 0 Å². The summed E-state index contributed by atoms with van der Waals surface area (Å²) in [7, 11) is 0. The second kappa shape index (κ2) is 7.16. The molecule has 2 atom stereocenters. The smallest absolute Gasteiger partial charge is 0.338 e. The number of carbonyl (C=O) groups is 2. The van der Waals surface area contributed by atoms with E-state index in [0.717, 1.165) is 38.5 Å². The summed E-state index contributed by atoms with van der Waals surface area (Å²) >= 11 is 0. The SMILES string of the molecule is C[C@H]1CCCC[C@H]1NC(=O)COC(=O)c1ccc2c(c1)CCC2. The fourth-order valence-electron chi connectivity index (χ4n) is 3.69. The van der Waals surface area contributed by atoms with Crippen molar-refractivity contribution in [2.24, 2.45) is 5.92 Å². The van der Waals surface area contributed by atoms with Crippen LogP contribution in [0.4, 0.5) is 0 Å². The Balaban J connectivity index is 1.49. The zero-order valence-electron chi connectivity index (χ0n) is 13.8. The highest BCUT2D eigenvalue weighted by Crippen LogP contribution is 2.24. The lowest BCUT2D eigenvalue weighted by Gasteiger charge is -2.29. The molecule has 1 aromatic rings. The Morgan fingerprint density at radius 1 is 1.13 bits per heavy atom. The highest BCUT2D eigenvalue weighted by Gasteiger charge is 2.23. The summed E-state index contributed by atoms with van der Waals surface area (Å²) in [5, 5.41) is 3.00. The lowest BCUT2D eigenvalue weighted by Crippen LogP contribution is -2.42. The van der Waals surface area contributed by atoms with Crippen LogP contribution < -0.4 is 5.32 Å². The molecule has 2 aliphatic carbocycles. The molecular formula is C19H25NO3. The van der Waals surface area contributed by atoms with Crippen LogP contribution in [-0.4, -0.2) is 24.5 Å². The Bertz CT molecular complexity index is 596. The normalized spacial score (nSPS) is 23.2. The molecule has 0 bridgehead atoms. The van der Waals surface area contributed by atoms with Crippen molar-refractivity contribution in [3.05, 3.63) is 34.9 Å². The number of rotatable bonds is 4. The summed E-state index contributed by atoms with van der Waals surface area (Å²) in [6.45, 7) is 1.97. The van der Waals surface area contributed by atoms with Crippen molar-refractivity contribution in [1.29, 1.82) is 0 Å². The predicted molar refractivity (Wildman–Crippen MR) is 88.3 cm³/mol. The monoisotopic (exact) mass is 315 g/mol. The summed E-state index contributed by atoms with van der Waals surface area (Å²) in [5.41, 5.74) is 3.11. The van der Waals surface area contributed by atoms with E-state index in [1.165, 1.54) is 17.5 Å². The Morgan fingerprint density at radius 2 is 1.91 bits per heavy atom. The zero-order chi connectivity index (χ0) is 16.2. The van der Waals surface area contributed by atoms with Crippen LogP contribution in [0.2, 0.25) is 0 Å². The Labute approximate surface area is 137 Å². The van der Waals surface area contributed by atoms with E-state index in [1.807, 2.05) is 12.1 Å². The molecule has 0 heterocycles. The number of aryl methyl sites for hydroxylation is 2. The zero-order valence-corrected chi connectivity index (χ0v) is 13.8. The molecule has 0 radical (unpaired) electrons. The van der Waals surface area contributed by atoms with Crippen LogP contribution >= 0.6 is 0 Å². The number of nitrogens with one attached hydrogen (secondary N) is 1. The first-order valence-electron chi connectivity index (χ1n) is 8.72. The third kappa shape index (κ3) is 3.92. The maximum absolute atomic E-state index is 12.1.